The number of carbonyl (C=O) groups excluding carboxylic acids is 1. The van der Waals surface area contributed by atoms with Crippen LogP contribution in [0.25, 0.3) is 11.1 Å². The van der Waals surface area contributed by atoms with Crippen LogP contribution in [0.15, 0.2) is 89.8 Å². The highest BCUT2D eigenvalue weighted by atomic mass is 32.2. The van der Waals surface area contributed by atoms with Crippen LogP contribution in [0.1, 0.15) is 32.6 Å². The molecule has 0 aliphatic carbocycles. The third-order valence-corrected chi connectivity index (χ3v) is 8.59. The highest BCUT2D eigenvalue weighted by Crippen LogP contribution is 2.41. The Morgan fingerprint density at radius 3 is 2.05 bits per heavy atom. The molecule has 4 aromatic rings. The number of carbonyl (C=O) groups is 1. The van der Waals surface area contributed by atoms with Gasteiger partial charge in [-0.1, -0.05) is 48.5 Å². The van der Waals surface area contributed by atoms with Crippen LogP contribution in [0.3, 0.4) is 0 Å². The fourth-order valence-corrected chi connectivity index (χ4v) is 6.11. The monoisotopic (exact) mass is 632 g/mol. The number of alkyl halides is 6. The summed E-state index contributed by atoms with van der Waals surface area (Å²) in [5.41, 5.74) is 1.37. The Labute approximate surface area is 250 Å². The van der Waals surface area contributed by atoms with Gasteiger partial charge in [0.15, 0.2) is 9.84 Å². The van der Waals surface area contributed by atoms with Gasteiger partial charge in [0.05, 0.1) is 16.0 Å². The molecule has 0 saturated carbocycles. The van der Waals surface area contributed by atoms with Crippen LogP contribution in [0, 0.1) is 0 Å². The molecule has 2 aliphatic heterocycles. The zero-order chi connectivity index (χ0) is 31.9. The van der Waals surface area contributed by atoms with Gasteiger partial charge in [-0.05, 0) is 71.5 Å². The summed E-state index contributed by atoms with van der Waals surface area (Å²) in [4.78, 5) is 14.8. The average molecular weight is 633 g/mol. The first-order valence-electron chi connectivity index (χ1n) is 13.5. The summed E-state index contributed by atoms with van der Waals surface area (Å²) in [6.45, 7) is 0.682. The summed E-state index contributed by atoms with van der Waals surface area (Å²) in [5.74, 6) is -0.539. The summed E-state index contributed by atoms with van der Waals surface area (Å²) < 4.78 is 102. The first-order chi connectivity index (χ1) is 20.7. The minimum Gasteiger partial charge on any atom is -0.384 e. The lowest BCUT2D eigenvalue weighted by atomic mass is 9.98. The topological polar surface area (TPSA) is 66.5 Å². The molecule has 0 saturated heterocycles. The number of nitrogens with one attached hydrogen (secondary N) is 1. The average Bonchev–Trinajstić information content (AvgIpc) is 3.63. The van der Waals surface area contributed by atoms with E-state index in [0.717, 1.165) is 18.4 Å². The summed E-state index contributed by atoms with van der Waals surface area (Å²) in [7, 11) is -3.59. The van der Waals surface area contributed by atoms with E-state index in [-0.39, 0.29) is 34.7 Å². The van der Waals surface area contributed by atoms with Crippen molar-refractivity contribution < 1.29 is 39.6 Å². The number of amides is 1. The Hall–Kier alpha value is -4.32. The van der Waals surface area contributed by atoms with E-state index < -0.39 is 39.2 Å². The van der Waals surface area contributed by atoms with E-state index in [1.165, 1.54) is 35.2 Å². The normalized spacial score (nSPS) is 14.3. The number of sulfone groups is 1. The lowest BCUT2D eigenvalue weighted by Crippen LogP contribution is -2.29. The molecule has 0 radical (unpaired) electrons. The van der Waals surface area contributed by atoms with Crippen molar-refractivity contribution in [2.75, 3.05) is 29.6 Å². The van der Waals surface area contributed by atoms with Crippen LogP contribution in [0.5, 0.6) is 0 Å². The summed E-state index contributed by atoms with van der Waals surface area (Å²) >= 11 is 0. The maximum absolute atomic E-state index is 13.5. The van der Waals surface area contributed by atoms with E-state index >= 15 is 0 Å². The van der Waals surface area contributed by atoms with Crippen molar-refractivity contribution in [3.63, 3.8) is 0 Å². The smallest absolute Gasteiger partial charge is 0.384 e. The van der Waals surface area contributed by atoms with Crippen LogP contribution < -0.4 is 10.2 Å². The number of anilines is 2. The van der Waals surface area contributed by atoms with Crippen LogP contribution in [-0.2, 0) is 35.0 Å². The molecule has 0 spiro atoms. The van der Waals surface area contributed by atoms with Gasteiger partial charge in [0, 0.05) is 36.3 Å². The van der Waals surface area contributed by atoms with E-state index in [0.29, 0.717) is 35.3 Å². The number of hydrogen-bond acceptors (Lipinski definition) is 4. The van der Waals surface area contributed by atoms with Crippen molar-refractivity contribution in [2.45, 2.75) is 30.1 Å². The number of hydrogen-bond donors (Lipinski definition) is 1. The second-order valence-corrected chi connectivity index (χ2v) is 12.4. The second kappa shape index (κ2) is 11.6. The van der Waals surface area contributed by atoms with Gasteiger partial charge in [0.1, 0.15) is 0 Å². The molecule has 0 unspecified atom stereocenters. The van der Waals surface area contributed by atoms with Gasteiger partial charge in [0.25, 0.3) is 5.91 Å². The minimum atomic E-state index is -4.52. The second-order valence-electron chi connectivity index (χ2n) is 10.4. The zero-order valence-electron chi connectivity index (χ0n) is 23.3. The molecule has 1 amide bonds. The molecule has 0 atom stereocenters. The summed E-state index contributed by atoms with van der Waals surface area (Å²) in [5, 5.41) is 2.91. The zero-order valence-corrected chi connectivity index (χ0v) is 24.1. The van der Waals surface area contributed by atoms with E-state index in [1.54, 1.807) is 36.4 Å². The maximum Gasteiger partial charge on any atom is 0.416 e. The largest absolute Gasteiger partial charge is 0.416 e. The van der Waals surface area contributed by atoms with E-state index in [2.05, 4.69) is 5.32 Å². The molecule has 2 aliphatic rings. The molecule has 4 aromatic carbocycles. The maximum atomic E-state index is 13.5. The van der Waals surface area contributed by atoms with E-state index in [1.807, 2.05) is 6.07 Å². The van der Waals surface area contributed by atoms with Crippen LogP contribution in [0.4, 0.5) is 37.7 Å². The number of rotatable bonds is 3. The molecule has 0 aromatic heterocycles. The Balaban J connectivity index is 0.000000245. The van der Waals surface area contributed by atoms with E-state index in [4.69, 9.17) is 0 Å². The van der Waals surface area contributed by atoms with Crippen molar-refractivity contribution in [1.29, 1.82) is 0 Å². The van der Waals surface area contributed by atoms with Crippen molar-refractivity contribution >= 4 is 27.1 Å². The Bertz CT molecular complexity index is 1820. The van der Waals surface area contributed by atoms with Crippen molar-refractivity contribution in [3.8, 4) is 11.1 Å². The third kappa shape index (κ3) is 6.30. The molecule has 5 nitrogen and oxygen atoms in total. The molecule has 2 heterocycles. The van der Waals surface area contributed by atoms with Gasteiger partial charge < -0.3 is 10.2 Å². The van der Waals surface area contributed by atoms with Crippen molar-refractivity contribution in [2.24, 2.45) is 0 Å². The molecule has 6 rings (SSSR count). The molecule has 44 heavy (non-hydrogen) atoms. The predicted molar refractivity (Wildman–Crippen MR) is 155 cm³/mol. The van der Waals surface area contributed by atoms with Crippen LogP contribution >= 0.6 is 0 Å². The minimum absolute atomic E-state index is 0.0287. The van der Waals surface area contributed by atoms with Gasteiger partial charge in [-0.25, -0.2) is 8.42 Å². The molecular formula is C32H26F6N2O3S. The SMILES string of the molecule is CS(=O)(=O)c1ccc(-c2ccccc2)c(C(=O)N2CCc3c2cccc3C(F)(F)F)c1.FC(F)(F)c1cccc2c1CCN2. The first kappa shape index (κ1) is 31.1. The quantitative estimate of drug-likeness (QED) is 0.236. The molecule has 0 bridgehead atoms. The number of halogens is 6. The van der Waals surface area contributed by atoms with Gasteiger partial charge >= 0.3 is 12.4 Å². The Kier molecular flexibility index (Phi) is 8.23. The van der Waals surface area contributed by atoms with Gasteiger partial charge in [-0.2, -0.15) is 26.3 Å². The molecule has 1 N–H and O–H groups in total. The number of fused-ring (bicyclic) bond motifs is 2. The van der Waals surface area contributed by atoms with Crippen LogP contribution in [-0.4, -0.2) is 33.7 Å². The van der Waals surface area contributed by atoms with Gasteiger partial charge in [-0.15, -0.1) is 0 Å². The molecule has 0 fully saturated rings. The van der Waals surface area contributed by atoms with Crippen molar-refractivity contribution in [1.82, 2.24) is 0 Å². The molecule has 12 heteroatoms. The highest BCUT2D eigenvalue weighted by Gasteiger charge is 2.38. The first-order valence-corrected chi connectivity index (χ1v) is 15.4. The van der Waals surface area contributed by atoms with Gasteiger partial charge in [0.2, 0.25) is 0 Å². The predicted octanol–water partition coefficient (Wildman–Crippen LogP) is 7.65. The fraction of sp³-hybridized carbons (Fsp3) is 0.219. The third-order valence-electron chi connectivity index (χ3n) is 7.48. The molecular weight excluding hydrogens is 606 g/mol. The summed E-state index contributed by atoms with van der Waals surface area (Å²) in [6.07, 6.45) is -7.17. The van der Waals surface area contributed by atoms with Gasteiger partial charge in [-0.3, -0.25) is 4.79 Å². The number of nitrogens with zero attached hydrogens (tertiary/aromatic N) is 1. The molecule has 230 valence electrons. The van der Waals surface area contributed by atoms with Crippen LogP contribution in [0.2, 0.25) is 0 Å². The van der Waals surface area contributed by atoms with Crippen molar-refractivity contribution in [3.05, 3.63) is 113 Å². The standard InChI is InChI=1S/C23H18F3NO3S.C9H8F3N/c1-31(29,30)16-10-11-17(15-6-3-2-4-7-15)19(14-16)22(28)27-13-12-18-20(23(24,25)26)8-5-9-21(18)27;10-9(11,12)7-2-1-3-8-6(7)4-5-13-8/h2-11,14H,12-13H2,1H3;1-3,13H,4-5H2. The van der Waals surface area contributed by atoms with E-state index in [9.17, 15) is 39.6 Å². The number of benzene rings is 4. The highest BCUT2D eigenvalue weighted by molar-refractivity contribution is 7.90. The lowest BCUT2D eigenvalue weighted by Gasteiger charge is -2.21. The Morgan fingerprint density at radius 2 is 1.41 bits per heavy atom. The fourth-order valence-electron chi connectivity index (χ4n) is 5.47. The lowest BCUT2D eigenvalue weighted by molar-refractivity contribution is -0.138. The Morgan fingerprint density at radius 1 is 0.773 bits per heavy atom. The summed E-state index contributed by atoms with van der Waals surface area (Å²) in [6, 6.07) is 21.2.